The number of carboxylic acids is 1. The van der Waals surface area contributed by atoms with Gasteiger partial charge in [0, 0.05) is 0 Å². The molecule has 2 N–H and O–H groups in total. The molecule has 3 nitrogen and oxygen atoms in total. The van der Waals surface area contributed by atoms with Crippen molar-refractivity contribution < 1.29 is 15.0 Å². The van der Waals surface area contributed by atoms with Crippen LogP contribution in [0.5, 0.6) is 0 Å². The van der Waals surface area contributed by atoms with E-state index in [0.717, 1.165) is 19.3 Å². The van der Waals surface area contributed by atoms with E-state index in [4.69, 9.17) is 0 Å². The summed E-state index contributed by atoms with van der Waals surface area (Å²) in [6, 6.07) is 8.74. The highest BCUT2D eigenvalue weighted by Crippen LogP contribution is 2.28. The molecule has 0 aromatic heterocycles. The van der Waals surface area contributed by atoms with Gasteiger partial charge in [-0.25, -0.2) is 4.79 Å². The Labute approximate surface area is 178 Å². The number of aliphatic hydroxyl groups is 1. The Kier molecular flexibility index (Phi) is 14.2. The number of aliphatic carboxylic acids is 1. The van der Waals surface area contributed by atoms with Crippen LogP contribution < -0.4 is 0 Å². The van der Waals surface area contributed by atoms with Crippen LogP contribution in [0.4, 0.5) is 0 Å². The van der Waals surface area contributed by atoms with E-state index in [1.807, 2.05) is 6.07 Å². The predicted octanol–water partition coefficient (Wildman–Crippen LogP) is 7.39. The maximum absolute atomic E-state index is 11.6. The number of carbonyl (C=O) groups is 1. The van der Waals surface area contributed by atoms with Crippen LogP contribution >= 0.6 is 0 Å². The minimum Gasteiger partial charge on any atom is -0.479 e. The minimum atomic E-state index is -1.76. The lowest BCUT2D eigenvalue weighted by atomic mass is 9.88. The Morgan fingerprint density at radius 2 is 1.28 bits per heavy atom. The van der Waals surface area contributed by atoms with Crippen molar-refractivity contribution in [3.8, 4) is 0 Å². The summed E-state index contributed by atoms with van der Waals surface area (Å²) >= 11 is 0. The zero-order valence-corrected chi connectivity index (χ0v) is 18.5. The van der Waals surface area contributed by atoms with Crippen LogP contribution in [0.2, 0.25) is 0 Å². The van der Waals surface area contributed by atoms with Crippen LogP contribution in [-0.4, -0.2) is 16.2 Å². The van der Waals surface area contributed by atoms with Crippen molar-refractivity contribution in [1.29, 1.82) is 0 Å². The second-order valence-corrected chi connectivity index (χ2v) is 8.22. The van der Waals surface area contributed by atoms with Crippen molar-refractivity contribution in [3.05, 3.63) is 48.0 Å². The van der Waals surface area contributed by atoms with Crippen molar-refractivity contribution in [2.75, 3.05) is 0 Å². The summed E-state index contributed by atoms with van der Waals surface area (Å²) in [6.07, 6.45) is 21.9. The molecule has 0 radical (unpaired) electrons. The molecule has 0 aliphatic heterocycles. The predicted molar refractivity (Wildman–Crippen MR) is 122 cm³/mol. The first-order chi connectivity index (χ1) is 14.1. The molecule has 0 saturated heterocycles. The van der Waals surface area contributed by atoms with Crippen molar-refractivity contribution in [3.63, 3.8) is 0 Å². The van der Waals surface area contributed by atoms with Crippen molar-refractivity contribution in [2.24, 2.45) is 0 Å². The van der Waals surface area contributed by atoms with Gasteiger partial charge in [0.2, 0.25) is 0 Å². The number of hydrogen-bond donors (Lipinski definition) is 2. The largest absolute Gasteiger partial charge is 0.479 e. The van der Waals surface area contributed by atoms with E-state index >= 15 is 0 Å². The molecule has 0 aliphatic carbocycles. The second-order valence-electron chi connectivity index (χ2n) is 8.22. The number of rotatable bonds is 18. The van der Waals surface area contributed by atoms with E-state index in [1.54, 1.807) is 24.3 Å². The average molecular weight is 403 g/mol. The standard InChI is InChI=1S/C26H42O3/c1-2-3-4-5-6-7-8-9-10-11-12-13-14-15-16-20-23-26(29,25(27)28)24-21-18-17-19-22-24/h9-10,17-19,21-22,29H,2-8,11-16,20,23H2,1H3,(H,27,28)/b10-9-. The lowest BCUT2D eigenvalue weighted by Crippen LogP contribution is -2.35. The maximum Gasteiger partial charge on any atom is 0.340 e. The Morgan fingerprint density at radius 1 is 0.793 bits per heavy atom. The van der Waals surface area contributed by atoms with Gasteiger partial charge in [-0.15, -0.1) is 0 Å². The summed E-state index contributed by atoms with van der Waals surface area (Å²) in [5.41, 5.74) is -1.29. The molecule has 1 unspecified atom stereocenters. The van der Waals surface area contributed by atoms with Gasteiger partial charge in [0.1, 0.15) is 0 Å². The van der Waals surface area contributed by atoms with E-state index in [9.17, 15) is 15.0 Å². The molecule has 164 valence electrons. The molecule has 1 aromatic rings. The highest BCUT2D eigenvalue weighted by atomic mass is 16.4. The smallest absolute Gasteiger partial charge is 0.340 e. The summed E-state index contributed by atoms with van der Waals surface area (Å²) in [5.74, 6) is -1.16. The summed E-state index contributed by atoms with van der Waals surface area (Å²) in [5, 5.41) is 20.0. The van der Waals surface area contributed by atoms with E-state index in [1.165, 1.54) is 70.6 Å². The van der Waals surface area contributed by atoms with Crippen LogP contribution in [0.15, 0.2) is 42.5 Å². The average Bonchev–Trinajstić information content (AvgIpc) is 2.73. The van der Waals surface area contributed by atoms with E-state index < -0.39 is 11.6 Å². The zero-order chi connectivity index (χ0) is 21.2. The van der Waals surface area contributed by atoms with Crippen LogP contribution in [-0.2, 0) is 10.4 Å². The monoisotopic (exact) mass is 402 g/mol. The molecule has 0 aliphatic rings. The maximum atomic E-state index is 11.6. The Bertz CT molecular complexity index is 552. The van der Waals surface area contributed by atoms with Gasteiger partial charge in [-0.2, -0.15) is 0 Å². The lowest BCUT2D eigenvalue weighted by Gasteiger charge is -2.23. The number of benzene rings is 1. The lowest BCUT2D eigenvalue weighted by molar-refractivity contribution is -0.160. The van der Waals surface area contributed by atoms with Crippen molar-refractivity contribution in [2.45, 2.75) is 109 Å². The van der Waals surface area contributed by atoms with Crippen LogP contribution in [0.1, 0.15) is 109 Å². The summed E-state index contributed by atoms with van der Waals surface area (Å²) < 4.78 is 0. The minimum absolute atomic E-state index is 0.271. The third-order valence-electron chi connectivity index (χ3n) is 5.66. The van der Waals surface area contributed by atoms with E-state index in [0.29, 0.717) is 5.56 Å². The highest BCUT2D eigenvalue weighted by Gasteiger charge is 2.37. The quantitative estimate of drug-likeness (QED) is 0.199. The zero-order valence-electron chi connectivity index (χ0n) is 18.5. The molecular weight excluding hydrogens is 360 g/mol. The summed E-state index contributed by atoms with van der Waals surface area (Å²) in [4.78, 5) is 11.6. The molecule has 3 heteroatoms. The SMILES string of the molecule is CCCCCCCC/C=C\CCCCCCCCC(O)(C(=O)O)c1ccccc1. The first-order valence-corrected chi connectivity index (χ1v) is 11.8. The number of allylic oxidation sites excluding steroid dienone is 2. The fourth-order valence-electron chi connectivity index (χ4n) is 3.72. The second kappa shape index (κ2) is 16.2. The fourth-order valence-corrected chi connectivity index (χ4v) is 3.72. The third-order valence-corrected chi connectivity index (χ3v) is 5.66. The number of hydrogen-bond acceptors (Lipinski definition) is 2. The van der Waals surface area contributed by atoms with Gasteiger partial charge in [-0.1, -0.05) is 107 Å². The molecule has 0 bridgehead atoms. The molecule has 0 fully saturated rings. The molecule has 0 saturated carbocycles. The fraction of sp³-hybridized carbons (Fsp3) is 0.654. The topological polar surface area (TPSA) is 57.5 Å². The summed E-state index contributed by atoms with van der Waals surface area (Å²) in [6.45, 7) is 2.26. The van der Waals surface area contributed by atoms with Crippen LogP contribution in [0.25, 0.3) is 0 Å². The van der Waals surface area contributed by atoms with Crippen LogP contribution in [0, 0.1) is 0 Å². The van der Waals surface area contributed by atoms with Gasteiger partial charge in [0.25, 0.3) is 0 Å². The Hall–Kier alpha value is -1.61. The normalized spacial score (nSPS) is 13.6. The van der Waals surface area contributed by atoms with Crippen molar-refractivity contribution >= 4 is 5.97 Å². The molecule has 1 atom stereocenters. The third kappa shape index (κ3) is 11.2. The van der Waals surface area contributed by atoms with Gasteiger partial charge >= 0.3 is 5.97 Å². The molecule has 0 spiro atoms. The Balaban J connectivity index is 2.01. The molecule has 29 heavy (non-hydrogen) atoms. The number of carboxylic acid groups (broad SMARTS) is 1. The van der Waals surface area contributed by atoms with E-state index in [-0.39, 0.29) is 6.42 Å². The first kappa shape index (κ1) is 25.4. The van der Waals surface area contributed by atoms with Gasteiger partial charge in [-0.3, -0.25) is 0 Å². The van der Waals surface area contributed by atoms with Gasteiger partial charge in [-0.05, 0) is 44.1 Å². The van der Waals surface area contributed by atoms with Crippen molar-refractivity contribution in [1.82, 2.24) is 0 Å². The molecule has 1 rings (SSSR count). The van der Waals surface area contributed by atoms with Crippen LogP contribution in [0.3, 0.4) is 0 Å². The highest BCUT2D eigenvalue weighted by molar-refractivity contribution is 5.79. The molecular formula is C26H42O3. The van der Waals surface area contributed by atoms with E-state index in [2.05, 4.69) is 19.1 Å². The first-order valence-electron chi connectivity index (χ1n) is 11.8. The number of unbranched alkanes of at least 4 members (excludes halogenated alkanes) is 12. The molecule has 0 heterocycles. The Morgan fingerprint density at radius 3 is 1.79 bits per heavy atom. The van der Waals surface area contributed by atoms with Gasteiger partial charge < -0.3 is 10.2 Å². The summed E-state index contributed by atoms with van der Waals surface area (Å²) in [7, 11) is 0. The molecule has 0 amide bonds. The van der Waals surface area contributed by atoms with Gasteiger partial charge in [0.15, 0.2) is 5.60 Å². The van der Waals surface area contributed by atoms with Gasteiger partial charge in [0.05, 0.1) is 0 Å². The molecule has 1 aromatic carbocycles.